The number of sulfone groups is 1. The van der Waals surface area contributed by atoms with Gasteiger partial charge in [0.25, 0.3) is 0 Å². The van der Waals surface area contributed by atoms with Gasteiger partial charge in [0, 0.05) is 19.5 Å². The Morgan fingerprint density at radius 2 is 2.28 bits per heavy atom. The van der Waals surface area contributed by atoms with Gasteiger partial charge in [-0.1, -0.05) is 0 Å². The zero-order valence-corrected chi connectivity index (χ0v) is 13.0. The van der Waals surface area contributed by atoms with E-state index in [0.717, 1.165) is 15.9 Å². The Bertz CT molecular complexity index is 553. The number of hydrogen-bond donors (Lipinski definition) is 1. The summed E-state index contributed by atoms with van der Waals surface area (Å²) in [6.45, 7) is 1.93. The number of halogens is 1. The zero-order valence-electron chi connectivity index (χ0n) is 10.6. The second-order valence-electron chi connectivity index (χ2n) is 5.00. The Balaban J connectivity index is 2.10. The molecule has 0 spiro atoms. The summed E-state index contributed by atoms with van der Waals surface area (Å²) in [6, 6.07) is -0.131. The van der Waals surface area contributed by atoms with Crippen molar-refractivity contribution in [2.45, 2.75) is 25.8 Å². The minimum atomic E-state index is -2.86. The fourth-order valence-corrected chi connectivity index (χ4v) is 4.85. The highest BCUT2D eigenvalue weighted by molar-refractivity contribution is 9.10. The summed E-state index contributed by atoms with van der Waals surface area (Å²) in [5, 5.41) is 4.31. The van der Waals surface area contributed by atoms with Crippen molar-refractivity contribution in [2.75, 3.05) is 11.5 Å². The lowest BCUT2D eigenvalue weighted by atomic mass is 9.96. The van der Waals surface area contributed by atoms with Crippen molar-refractivity contribution in [3.8, 4) is 0 Å². The van der Waals surface area contributed by atoms with Crippen molar-refractivity contribution in [2.24, 2.45) is 18.7 Å². The highest BCUT2D eigenvalue weighted by Crippen LogP contribution is 2.26. The first-order valence-electron chi connectivity index (χ1n) is 5.94. The Morgan fingerprint density at radius 3 is 2.72 bits per heavy atom. The second kappa shape index (κ2) is 4.94. The molecule has 2 atom stereocenters. The normalized spacial score (nSPS) is 24.3. The average Bonchev–Trinajstić information content (AvgIpc) is 2.74. The smallest absolute Gasteiger partial charge is 0.150 e. The van der Waals surface area contributed by atoms with Gasteiger partial charge >= 0.3 is 0 Å². The summed E-state index contributed by atoms with van der Waals surface area (Å²) in [5.41, 5.74) is 8.11. The van der Waals surface area contributed by atoms with Gasteiger partial charge in [-0.15, -0.1) is 0 Å². The van der Waals surface area contributed by atoms with Crippen LogP contribution in [-0.4, -0.2) is 35.7 Å². The molecule has 18 heavy (non-hydrogen) atoms. The van der Waals surface area contributed by atoms with E-state index in [1.165, 1.54) is 0 Å². The number of rotatable bonds is 3. The maximum atomic E-state index is 11.5. The molecule has 102 valence electrons. The fourth-order valence-electron chi connectivity index (χ4n) is 2.45. The third-order valence-electron chi connectivity index (χ3n) is 3.56. The molecule has 5 nitrogen and oxygen atoms in total. The number of nitrogens with zero attached hydrogens (tertiary/aromatic N) is 2. The third kappa shape index (κ3) is 2.78. The maximum Gasteiger partial charge on any atom is 0.150 e. The molecule has 1 aliphatic rings. The van der Waals surface area contributed by atoms with E-state index in [2.05, 4.69) is 21.0 Å². The number of nitrogens with two attached hydrogens (primary N) is 1. The van der Waals surface area contributed by atoms with Crippen LogP contribution < -0.4 is 5.73 Å². The molecule has 0 radical (unpaired) electrons. The maximum absolute atomic E-state index is 11.5. The first-order chi connectivity index (χ1) is 8.30. The molecule has 2 N–H and O–H groups in total. The van der Waals surface area contributed by atoms with Gasteiger partial charge in [-0.3, -0.25) is 4.68 Å². The van der Waals surface area contributed by atoms with Gasteiger partial charge in [0.2, 0.25) is 0 Å². The molecule has 1 fully saturated rings. The molecule has 2 rings (SSSR count). The van der Waals surface area contributed by atoms with Crippen LogP contribution in [0.2, 0.25) is 0 Å². The Hall–Kier alpha value is -0.400. The van der Waals surface area contributed by atoms with Gasteiger partial charge in [0.1, 0.15) is 0 Å². The highest BCUT2D eigenvalue weighted by atomic mass is 79.9. The number of aromatic nitrogens is 2. The highest BCUT2D eigenvalue weighted by Gasteiger charge is 2.32. The molecule has 1 saturated heterocycles. The Morgan fingerprint density at radius 1 is 1.61 bits per heavy atom. The van der Waals surface area contributed by atoms with Crippen LogP contribution in [0.15, 0.2) is 4.47 Å². The molecule has 1 aliphatic heterocycles. The predicted molar refractivity (Wildman–Crippen MR) is 74.1 cm³/mol. The fraction of sp³-hybridized carbons (Fsp3) is 0.727. The molecule has 0 aliphatic carbocycles. The van der Waals surface area contributed by atoms with Crippen LogP contribution in [0.5, 0.6) is 0 Å². The van der Waals surface area contributed by atoms with Gasteiger partial charge in [-0.05, 0) is 35.2 Å². The van der Waals surface area contributed by atoms with Gasteiger partial charge in [0.05, 0.1) is 27.4 Å². The van der Waals surface area contributed by atoms with Crippen LogP contribution >= 0.6 is 15.9 Å². The van der Waals surface area contributed by atoms with Gasteiger partial charge in [-0.25, -0.2) is 8.42 Å². The van der Waals surface area contributed by atoms with Crippen molar-refractivity contribution < 1.29 is 8.42 Å². The molecule has 7 heteroatoms. The molecule has 1 aromatic heterocycles. The molecule has 2 unspecified atom stereocenters. The molecule has 0 saturated carbocycles. The van der Waals surface area contributed by atoms with Crippen LogP contribution in [0.3, 0.4) is 0 Å². The average molecular weight is 336 g/mol. The van der Waals surface area contributed by atoms with E-state index < -0.39 is 9.84 Å². The summed E-state index contributed by atoms with van der Waals surface area (Å²) in [5.74, 6) is 0.566. The predicted octanol–water partition coefficient (Wildman–Crippen LogP) is 0.796. The van der Waals surface area contributed by atoms with Crippen molar-refractivity contribution in [1.82, 2.24) is 9.78 Å². The monoisotopic (exact) mass is 335 g/mol. The van der Waals surface area contributed by atoms with E-state index >= 15 is 0 Å². The minimum Gasteiger partial charge on any atom is -0.327 e. The molecule has 0 amide bonds. The largest absolute Gasteiger partial charge is 0.327 e. The van der Waals surface area contributed by atoms with Crippen molar-refractivity contribution in [3.63, 3.8) is 0 Å². The van der Waals surface area contributed by atoms with E-state index in [1.54, 1.807) is 0 Å². The molecule has 0 bridgehead atoms. The van der Waals surface area contributed by atoms with E-state index in [1.807, 2.05) is 18.7 Å². The van der Waals surface area contributed by atoms with Crippen LogP contribution in [0.1, 0.15) is 17.8 Å². The Kier molecular flexibility index (Phi) is 3.85. The lowest BCUT2D eigenvalue weighted by molar-refractivity contribution is 0.450. The zero-order chi connectivity index (χ0) is 13.5. The van der Waals surface area contributed by atoms with Gasteiger partial charge < -0.3 is 5.73 Å². The van der Waals surface area contributed by atoms with Gasteiger partial charge in [0.15, 0.2) is 9.84 Å². The van der Waals surface area contributed by atoms with E-state index in [9.17, 15) is 8.42 Å². The molecule has 0 aromatic carbocycles. The molecule has 2 heterocycles. The van der Waals surface area contributed by atoms with E-state index in [-0.39, 0.29) is 23.5 Å². The summed E-state index contributed by atoms with van der Waals surface area (Å²) >= 11 is 3.50. The van der Waals surface area contributed by atoms with E-state index in [4.69, 9.17) is 5.73 Å². The van der Waals surface area contributed by atoms with Crippen LogP contribution in [0.25, 0.3) is 0 Å². The van der Waals surface area contributed by atoms with Crippen molar-refractivity contribution >= 4 is 25.8 Å². The standard InChI is InChI=1S/C11H18BrN3O2S/c1-7-11(12)10(15(2)14-7)5-9(13)8-3-4-18(16,17)6-8/h8-9H,3-6,13H2,1-2H3. The summed E-state index contributed by atoms with van der Waals surface area (Å²) in [6.07, 6.45) is 1.33. The number of hydrogen-bond acceptors (Lipinski definition) is 4. The first-order valence-corrected chi connectivity index (χ1v) is 8.55. The van der Waals surface area contributed by atoms with Crippen LogP contribution in [0.4, 0.5) is 0 Å². The first kappa shape index (κ1) is 14.0. The van der Waals surface area contributed by atoms with Crippen LogP contribution in [0, 0.1) is 12.8 Å². The lowest BCUT2D eigenvalue weighted by Gasteiger charge is -2.18. The third-order valence-corrected chi connectivity index (χ3v) is 6.39. The van der Waals surface area contributed by atoms with Crippen LogP contribution in [-0.2, 0) is 23.3 Å². The SMILES string of the molecule is Cc1nn(C)c(CC(N)C2CCS(=O)(=O)C2)c1Br. The molecular formula is C11H18BrN3O2S. The van der Waals surface area contributed by atoms with Crippen molar-refractivity contribution in [1.29, 1.82) is 0 Å². The second-order valence-corrected chi connectivity index (χ2v) is 8.02. The molecular weight excluding hydrogens is 318 g/mol. The number of aryl methyl sites for hydroxylation is 2. The summed E-state index contributed by atoms with van der Waals surface area (Å²) in [7, 11) is -0.982. The summed E-state index contributed by atoms with van der Waals surface area (Å²) < 4.78 is 25.7. The Labute approximate surface area is 116 Å². The van der Waals surface area contributed by atoms with E-state index in [0.29, 0.717) is 12.8 Å². The van der Waals surface area contributed by atoms with Gasteiger partial charge in [-0.2, -0.15) is 5.10 Å². The lowest BCUT2D eigenvalue weighted by Crippen LogP contribution is -2.33. The topological polar surface area (TPSA) is 78.0 Å². The quantitative estimate of drug-likeness (QED) is 0.885. The van der Waals surface area contributed by atoms with Crippen molar-refractivity contribution in [3.05, 3.63) is 15.9 Å². The molecule has 1 aromatic rings. The summed E-state index contributed by atoms with van der Waals surface area (Å²) in [4.78, 5) is 0. The minimum absolute atomic E-state index is 0.0668.